The fourth-order valence-corrected chi connectivity index (χ4v) is 4.08. The van der Waals surface area contributed by atoms with E-state index in [4.69, 9.17) is 9.47 Å². The van der Waals surface area contributed by atoms with Crippen molar-refractivity contribution in [1.29, 1.82) is 0 Å². The highest BCUT2D eigenvalue weighted by atomic mass is 16.7. The maximum atomic E-state index is 12.6. The van der Waals surface area contributed by atoms with Crippen LogP contribution in [0.4, 0.5) is 0 Å². The van der Waals surface area contributed by atoms with Crippen LogP contribution in [0.25, 0.3) is 12.2 Å². The zero-order valence-electron chi connectivity index (χ0n) is 20.5. The number of aliphatic hydroxyl groups excluding tert-OH is 2. The molecule has 1 aliphatic carbocycles. The lowest BCUT2D eigenvalue weighted by Gasteiger charge is -2.49. The van der Waals surface area contributed by atoms with E-state index < -0.39 is 83.4 Å². The van der Waals surface area contributed by atoms with Crippen LogP contribution < -0.4 is 0 Å². The molecule has 3 rings (SSSR count). The van der Waals surface area contributed by atoms with Gasteiger partial charge in [0.1, 0.15) is 6.10 Å². The lowest BCUT2D eigenvalue weighted by Crippen LogP contribution is -2.71. The minimum Gasteiger partial charge on any atom is -0.504 e. The van der Waals surface area contributed by atoms with Gasteiger partial charge in [0.05, 0.1) is 12.5 Å². The molecule has 9 N–H and O–H groups in total. The molecule has 2 aromatic rings. The summed E-state index contributed by atoms with van der Waals surface area (Å²) in [5.41, 5.74) is -2.53. The van der Waals surface area contributed by atoms with Gasteiger partial charge in [-0.15, -0.1) is 0 Å². The predicted octanol–water partition coefficient (Wildman–Crippen LogP) is -0.432. The highest BCUT2D eigenvalue weighted by molar-refractivity contribution is 5.89. The molecule has 14 nitrogen and oxygen atoms in total. The average Bonchev–Trinajstić information content (AvgIpc) is 2.89. The van der Waals surface area contributed by atoms with Gasteiger partial charge in [0.15, 0.2) is 34.7 Å². The zero-order chi connectivity index (χ0) is 29.8. The Balaban J connectivity index is 1.91. The van der Waals surface area contributed by atoms with Crippen LogP contribution in [0.3, 0.4) is 0 Å². The number of carbonyl (C=O) groups is 3. The lowest BCUT2D eigenvalue weighted by molar-refractivity contribution is -0.332. The molecule has 0 unspecified atom stereocenters. The first kappa shape index (κ1) is 29.9. The predicted molar refractivity (Wildman–Crippen MR) is 132 cm³/mol. The monoisotopic (exact) mass is 562 g/mol. The van der Waals surface area contributed by atoms with Crippen molar-refractivity contribution in [1.82, 2.24) is 0 Å². The van der Waals surface area contributed by atoms with Gasteiger partial charge in [-0.2, -0.15) is 0 Å². The summed E-state index contributed by atoms with van der Waals surface area (Å²) in [5, 5.41) is 89.9. The van der Waals surface area contributed by atoms with Crippen LogP contribution in [0.1, 0.15) is 17.5 Å². The maximum absolute atomic E-state index is 12.6. The van der Waals surface area contributed by atoms with E-state index >= 15 is 0 Å². The Morgan fingerprint density at radius 1 is 0.850 bits per heavy atom. The minimum atomic E-state index is -3.16. The highest BCUT2D eigenvalue weighted by Crippen LogP contribution is 2.43. The van der Waals surface area contributed by atoms with E-state index in [-0.39, 0.29) is 11.1 Å². The second kappa shape index (κ2) is 11.6. The molecular formula is C26H26O14. The molecule has 0 radical (unpaired) electrons. The van der Waals surface area contributed by atoms with Gasteiger partial charge in [0, 0.05) is 18.6 Å². The van der Waals surface area contributed by atoms with Crippen molar-refractivity contribution in [3.8, 4) is 23.0 Å². The molecule has 5 atom stereocenters. The number of aliphatic carboxylic acids is 1. The van der Waals surface area contributed by atoms with Crippen LogP contribution in [0.15, 0.2) is 48.6 Å². The van der Waals surface area contributed by atoms with Crippen LogP contribution in [0, 0.1) is 5.92 Å². The van der Waals surface area contributed by atoms with Crippen LogP contribution in [0.2, 0.25) is 0 Å². The molecule has 14 heteroatoms. The molecule has 1 fully saturated rings. The largest absolute Gasteiger partial charge is 0.504 e. The van der Waals surface area contributed by atoms with E-state index in [2.05, 4.69) is 0 Å². The first-order chi connectivity index (χ1) is 18.7. The Hall–Kier alpha value is -4.63. The summed E-state index contributed by atoms with van der Waals surface area (Å²) in [6, 6.07) is 7.03. The smallest absolute Gasteiger partial charge is 0.336 e. The summed E-state index contributed by atoms with van der Waals surface area (Å²) in [7, 11) is 0. The Bertz CT molecular complexity index is 1350. The third-order valence-electron chi connectivity index (χ3n) is 6.27. The summed E-state index contributed by atoms with van der Waals surface area (Å²) in [6.07, 6.45) is -2.11. The van der Waals surface area contributed by atoms with E-state index in [0.717, 1.165) is 48.6 Å². The molecular weight excluding hydrogens is 536 g/mol. The van der Waals surface area contributed by atoms with Gasteiger partial charge in [0.25, 0.3) is 5.79 Å². The number of hydrogen-bond acceptors (Lipinski definition) is 13. The van der Waals surface area contributed by atoms with Crippen molar-refractivity contribution < 1.29 is 69.8 Å². The van der Waals surface area contributed by atoms with Gasteiger partial charge in [-0.25, -0.2) is 14.4 Å². The van der Waals surface area contributed by atoms with Gasteiger partial charge in [-0.05, 0) is 47.5 Å². The molecule has 0 aromatic heterocycles. The van der Waals surface area contributed by atoms with Crippen LogP contribution in [0.5, 0.6) is 23.0 Å². The first-order valence-electron chi connectivity index (χ1n) is 11.5. The Kier molecular flexibility index (Phi) is 8.70. The number of aliphatic hydroxyl groups is 4. The van der Waals surface area contributed by atoms with Crippen molar-refractivity contribution in [2.45, 2.75) is 30.0 Å². The second-order valence-corrected chi connectivity index (χ2v) is 8.93. The Morgan fingerprint density at radius 3 is 1.80 bits per heavy atom. The van der Waals surface area contributed by atoms with Crippen molar-refractivity contribution in [3.63, 3.8) is 0 Å². The standard InChI is InChI=1S/C26H26O14/c27-12-15-23(39-21(33)7-3-13-1-5-16(28)18(30)9-13)26(38,20(32)11-25(15,37)24(35)36)40-22(34)8-4-14-2-6-17(29)19(31)10-14/h1-10,15,20,23,27-32,37-38H,11-12H2,(H,35,36)/t15-,20-,23+,25-,26+/m1/s1. The van der Waals surface area contributed by atoms with E-state index in [9.17, 15) is 60.3 Å². The van der Waals surface area contributed by atoms with Gasteiger partial charge in [-0.1, -0.05) is 12.1 Å². The van der Waals surface area contributed by atoms with E-state index in [1.54, 1.807) is 0 Å². The van der Waals surface area contributed by atoms with Crippen LogP contribution in [-0.4, -0.2) is 94.1 Å². The molecule has 0 spiro atoms. The lowest BCUT2D eigenvalue weighted by atomic mass is 9.69. The molecule has 0 heterocycles. The van der Waals surface area contributed by atoms with E-state index in [0.29, 0.717) is 0 Å². The summed E-state index contributed by atoms with van der Waals surface area (Å²) in [5.74, 6) is -11.6. The zero-order valence-corrected chi connectivity index (χ0v) is 20.5. The Morgan fingerprint density at radius 2 is 1.35 bits per heavy atom. The molecule has 0 bridgehead atoms. The molecule has 0 saturated heterocycles. The summed E-state index contributed by atoms with van der Waals surface area (Å²) < 4.78 is 10.1. The number of aromatic hydroxyl groups is 4. The summed E-state index contributed by atoms with van der Waals surface area (Å²) in [6.45, 7) is -1.20. The summed E-state index contributed by atoms with van der Waals surface area (Å²) >= 11 is 0. The van der Waals surface area contributed by atoms with Crippen LogP contribution >= 0.6 is 0 Å². The number of ether oxygens (including phenoxy) is 2. The van der Waals surface area contributed by atoms with E-state index in [1.807, 2.05) is 0 Å². The molecule has 2 aromatic carbocycles. The molecule has 214 valence electrons. The highest BCUT2D eigenvalue weighted by Gasteiger charge is 2.66. The topological polar surface area (TPSA) is 252 Å². The molecule has 0 amide bonds. The molecule has 1 saturated carbocycles. The van der Waals surface area contributed by atoms with Crippen molar-refractivity contribution in [2.75, 3.05) is 6.61 Å². The number of carboxylic acid groups (broad SMARTS) is 1. The third-order valence-corrected chi connectivity index (χ3v) is 6.27. The third kappa shape index (κ3) is 6.16. The quantitative estimate of drug-likeness (QED) is 0.0857. The van der Waals surface area contributed by atoms with Crippen molar-refractivity contribution in [3.05, 3.63) is 59.7 Å². The van der Waals surface area contributed by atoms with E-state index in [1.165, 1.54) is 12.1 Å². The minimum absolute atomic E-state index is 0.198. The van der Waals surface area contributed by atoms with Crippen LogP contribution in [-0.2, 0) is 23.9 Å². The fraction of sp³-hybridized carbons (Fsp3) is 0.269. The number of phenolic OH excluding ortho intramolecular Hbond substituents is 4. The number of hydrogen-bond donors (Lipinski definition) is 9. The van der Waals surface area contributed by atoms with Crippen molar-refractivity contribution in [2.24, 2.45) is 5.92 Å². The average molecular weight is 562 g/mol. The number of esters is 2. The maximum Gasteiger partial charge on any atom is 0.336 e. The van der Waals surface area contributed by atoms with Gasteiger partial charge >= 0.3 is 17.9 Å². The molecule has 1 aliphatic rings. The molecule has 40 heavy (non-hydrogen) atoms. The summed E-state index contributed by atoms with van der Waals surface area (Å²) in [4.78, 5) is 37.0. The first-order valence-corrected chi connectivity index (χ1v) is 11.5. The second-order valence-electron chi connectivity index (χ2n) is 8.93. The number of rotatable bonds is 8. The number of carboxylic acids is 1. The van der Waals surface area contributed by atoms with Gasteiger partial charge in [-0.3, -0.25) is 0 Å². The molecule has 0 aliphatic heterocycles. The SMILES string of the molecule is O=C(C=Cc1ccc(O)c(O)c1)O[C@H]1[C@@H](CO)[C@@](O)(C(=O)O)C[C@@H](O)[C@]1(O)OC(=O)C=Cc1ccc(O)c(O)c1. The number of benzene rings is 2. The normalized spacial score (nSPS) is 26.6. The number of phenols is 4. The van der Waals surface area contributed by atoms with Gasteiger partial charge < -0.3 is 55.4 Å². The van der Waals surface area contributed by atoms with Crippen molar-refractivity contribution >= 4 is 30.1 Å². The Labute approximate surface area is 225 Å². The fourth-order valence-electron chi connectivity index (χ4n) is 4.08. The number of carbonyl (C=O) groups excluding carboxylic acids is 2. The van der Waals surface area contributed by atoms with Gasteiger partial charge in [0.2, 0.25) is 0 Å².